The van der Waals surface area contributed by atoms with Crippen LogP contribution in [0.2, 0.25) is 5.02 Å². The molecule has 2 aromatic rings. The van der Waals surface area contributed by atoms with E-state index >= 15 is 0 Å². The lowest BCUT2D eigenvalue weighted by Gasteiger charge is -2.35. The third-order valence-corrected chi connectivity index (χ3v) is 5.59. The second-order valence-electron chi connectivity index (χ2n) is 5.82. The number of benzene rings is 1. The Bertz CT molecular complexity index is 660. The van der Waals surface area contributed by atoms with Crippen LogP contribution in [0.25, 0.3) is 11.4 Å². The maximum Gasteiger partial charge on any atom is 0.234 e. The highest BCUT2D eigenvalue weighted by Crippen LogP contribution is 2.38. The molecule has 0 aliphatic heterocycles. The minimum atomic E-state index is -0.229. The molecule has 1 aliphatic rings. The van der Waals surface area contributed by atoms with E-state index in [4.69, 9.17) is 21.9 Å². The van der Waals surface area contributed by atoms with Crippen LogP contribution in [-0.2, 0) is 5.41 Å². The lowest BCUT2D eigenvalue weighted by Crippen LogP contribution is -2.45. The van der Waals surface area contributed by atoms with E-state index in [-0.39, 0.29) is 11.5 Å². The van der Waals surface area contributed by atoms with Crippen molar-refractivity contribution in [2.75, 3.05) is 0 Å². The van der Waals surface area contributed by atoms with Gasteiger partial charge in [0.2, 0.25) is 11.7 Å². The number of nitrogens with two attached hydrogens (primary N) is 1. The minimum Gasteiger partial charge on any atom is -0.338 e. The van der Waals surface area contributed by atoms with Gasteiger partial charge >= 0.3 is 0 Å². The summed E-state index contributed by atoms with van der Waals surface area (Å²) in [5.41, 5.74) is 6.93. The van der Waals surface area contributed by atoms with Gasteiger partial charge in [-0.2, -0.15) is 4.98 Å². The van der Waals surface area contributed by atoms with Gasteiger partial charge in [0.15, 0.2) is 0 Å². The SMILES string of the molecule is CC1(c2nc(-c3ccc(Cl)c(Br)c3)no2)CCCCC1N. The minimum absolute atomic E-state index is 0.0662. The summed E-state index contributed by atoms with van der Waals surface area (Å²) >= 11 is 9.42. The van der Waals surface area contributed by atoms with E-state index in [2.05, 4.69) is 33.0 Å². The highest BCUT2D eigenvalue weighted by molar-refractivity contribution is 9.10. The average molecular weight is 371 g/mol. The standard InChI is InChI=1S/C15H17BrClN3O/c1-15(7-3-2-4-12(15)18)14-19-13(20-21-14)9-5-6-11(17)10(16)8-9/h5-6,8,12H,2-4,7,18H2,1H3. The van der Waals surface area contributed by atoms with Crippen LogP contribution < -0.4 is 5.73 Å². The van der Waals surface area contributed by atoms with Gasteiger partial charge in [-0.1, -0.05) is 29.6 Å². The number of hydrogen-bond acceptors (Lipinski definition) is 4. The Labute approximate surface area is 137 Å². The average Bonchev–Trinajstić information content (AvgIpc) is 2.95. The zero-order valence-electron chi connectivity index (χ0n) is 11.8. The third kappa shape index (κ3) is 2.74. The fourth-order valence-electron chi connectivity index (χ4n) is 2.83. The summed E-state index contributed by atoms with van der Waals surface area (Å²) < 4.78 is 6.33. The predicted molar refractivity (Wildman–Crippen MR) is 86.2 cm³/mol. The summed E-state index contributed by atoms with van der Waals surface area (Å²) in [6.07, 6.45) is 4.30. The Balaban J connectivity index is 1.94. The second-order valence-corrected chi connectivity index (χ2v) is 7.08. The summed E-state index contributed by atoms with van der Waals surface area (Å²) in [6.45, 7) is 2.12. The molecule has 1 heterocycles. The van der Waals surface area contributed by atoms with E-state index in [0.29, 0.717) is 16.7 Å². The molecule has 0 spiro atoms. The van der Waals surface area contributed by atoms with Gasteiger partial charge in [-0.3, -0.25) is 0 Å². The van der Waals surface area contributed by atoms with Gasteiger partial charge in [0, 0.05) is 16.1 Å². The molecule has 21 heavy (non-hydrogen) atoms. The van der Waals surface area contributed by atoms with Crippen molar-refractivity contribution < 1.29 is 4.52 Å². The smallest absolute Gasteiger partial charge is 0.234 e. The molecule has 6 heteroatoms. The van der Waals surface area contributed by atoms with Crippen molar-refractivity contribution in [3.05, 3.63) is 33.6 Å². The molecule has 0 saturated heterocycles. The van der Waals surface area contributed by atoms with Crippen molar-refractivity contribution in [1.82, 2.24) is 10.1 Å². The number of halogens is 2. The number of hydrogen-bond donors (Lipinski definition) is 1. The Kier molecular flexibility index (Phi) is 4.08. The Morgan fingerprint density at radius 1 is 1.43 bits per heavy atom. The fraction of sp³-hybridized carbons (Fsp3) is 0.467. The highest BCUT2D eigenvalue weighted by atomic mass is 79.9. The lowest BCUT2D eigenvalue weighted by molar-refractivity contribution is 0.203. The van der Waals surface area contributed by atoms with Gasteiger partial charge < -0.3 is 10.3 Å². The largest absolute Gasteiger partial charge is 0.338 e. The molecule has 1 aromatic heterocycles. The van der Waals surface area contributed by atoms with E-state index in [1.807, 2.05) is 18.2 Å². The van der Waals surface area contributed by atoms with Crippen LogP contribution in [-0.4, -0.2) is 16.2 Å². The van der Waals surface area contributed by atoms with Crippen LogP contribution in [0.1, 0.15) is 38.5 Å². The third-order valence-electron chi connectivity index (χ3n) is 4.37. The van der Waals surface area contributed by atoms with Gasteiger partial charge in [-0.25, -0.2) is 0 Å². The molecule has 0 radical (unpaired) electrons. The molecule has 1 fully saturated rings. The van der Waals surface area contributed by atoms with Gasteiger partial charge in [0.1, 0.15) is 0 Å². The van der Waals surface area contributed by atoms with Crippen LogP contribution in [0.5, 0.6) is 0 Å². The van der Waals surface area contributed by atoms with Gasteiger partial charge in [-0.05, 0) is 53.9 Å². The molecule has 2 N–H and O–H groups in total. The molecule has 0 bridgehead atoms. The summed E-state index contributed by atoms with van der Waals surface area (Å²) in [5, 5.41) is 4.76. The molecule has 2 atom stereocenters. The van der Waals surface area contributed by atoms with Gasteiger partial charge in [0.05, 0.1) is 10.4 Å². The topological polar surface area (TPSA) is 64.9 Å². The molecule has 1 aliphatic carbocycles. The molecular weight excluding hydrogens is 354 g/mol. The van der Waals surface area contributed by atoms with E-state index in [9.17, 15) is 0 Å². The van der Waals surface area contributed by atoms with Crippen LogP contribution in [0, 0.1) is 0 Å². The number of nitrogens with zero attached hydrogens (tertiary/aromatic N) is 2. The van der Waals surface area contributed by atoms with E-state index in [1.54, 1.807) is 0 Å². The first kappa shape index (κ1) is 15.0. The molecule has 3 rings (SSSR count). The van der Waals surface area contributed by atoms with Crippen molar-refractivity contribution in [2.45, 2.75) is 44.1 Å². The lowest BCUT2D eigenvalue weighted by atomic mass is 9.72. The van der Waals surface area contributed by atoms with Crippen molar-refractivity contribution in [3.63, 3.8) is 0 Å². The number of rotatable bonds is 2. The molecule has 2 unspecified atom stereocenters. The second kappa shape index (κ2) is 5.71. The maximum atomic E-state index is 6.28. The first-order valence-electron chi connectivity index (χ1n) is 7.06. The van der Waals surface area contributed by atoms with Crippen molar-refractivity contribution >= 4 is 27.5 Å². The first-order chi connectivity index (χ1) is 10.0. The van der Waals surface area contributed by atoms with Crippen LogP contribution >= 0.6 is 27.5 Å². The first-order valence-corrected chi connectivity index (χ1v) is 8.23. The quantitative estimate of drug-likeness (QED) is 0.855. The zero-order chi connectivity index (χ0) is 15.0. The normalized spacial score (nSPS) is 26.0. The fourth-order valence-corrected chi connectivity index (χ4v) is 3.33. The van der Waals surface area contributed by atoms with E-state index in [0.717, 1.165) is 29.3 Å². The molecule has 4 nitrogen and oxygen atoms in total. The van der Waals surface area contributed by atoms with E-state index < -0.39 is 0 Å². The Hall–Kier alpha value is -0.910. The summed E-state index contributed by atoms with van der Waals surface area (Å²) in [7, 11) is 0. The molecule has 0 amide bonds. The molecular formula is C15H17BrClN3O. The zero-order valence-corrected chi connectivity index (χ0v) is 14.1. The van der Waals surface area contributed by atoms with Crippen LogP contribution in [0.15, 0.2) is 27.2 Å². The predicted octanol–water partition coefficient (Wildman–Crippen LogP) is 4.31. The molecule has 1 aromatic carbocycles. The number of aromatic nitrogens is 2. The Morgan fingerprint density at radius 2 is 2.24 bits per heavy atom. The summed E-state index contributed by atoms with van der Waals surface area (Å²) in [5.74, 6) is 1.21. The Morgan fingerprint density at radius 3 is 2.95 bits per heavy atom. The van der Waals surface area contributed by atoms with Crippen molar-refractivity contribution in [1.29, 1.82) is 0 Å². The maximum absolute atomic E-state index is 6.28. The van der Waals surface area contributed by atoms with Gasteiger partial charge in [-0.15, -0.1) is 0 Å². The summed E-state index contributed by atoms with van der Waals surface area (Å²) in [6, 6.07) is 5.65. The molecule has 1 saturated carbocycles. The van der Waals surface area contributed by atoms with Crippen LogP contribution in [0.3, 0.4) is 0 Å². The van der Waals surface area contributed by atoms with Crippen LogP contribution in [0.4, 0.5) is 0 Å². The van der Waals surface area contributed by atoms with Crippen molar-refractivity contribution in [2.24, 2.45) is 5.73 Å². The molecule has 112 valence electrons. The van der Waals surface area contributed by atoms with Crippen molar-refractivity contribution in [3.8, 4) is 11.4 Å². The van der Waals surface area contributed by atoms with Gasteiger partial charge in [0.25, 0.3) is 0 Å². The summed E-state index contributed by atoms with van der Waals surface area (Å²) in [4.78, 5) is 4.58. The van der Waals surface area contributed by atoms with E-state index in [1.165, 1.54) is 6.42 Å². The highest BCUT2D eigenvalue weighted by Gasteiger charge is 2.40. The monoisotopic (exact) mass is 369 g/mol.